The van der Waals surface area contributed by atoms with E-state index in [0.29, 0.717) is 5.69 Å². The molecule has 1 heterocycles. The van der Waals surface area contributed by atoms with E-state index >= 15 is 0 Å². The van der Waals surface area contributed by atoms with Gasteiger partial charge < -0.3 is 10.8 Å². The lowest BCUT2D eigenvalue weighted by molar-refractivity contribution is 0.478. The molecule has 3 aromatic rings. The van der Waals surface area contributed by atoms with Crippen molar-refractivity contribution >= 4 is 27.2 Å². The van der Waals surface area contributed by atoms with Crippen molar-refractivity contribution in [1.82, 2.24) is 4.98 Å². The standard InChI is InChI=1S/C18H20N2OS/c1-2-3-4-5-12-6-8-15-17(10-12)22-18(20-15)13-7-9-16(21)14(19)11-13/h6-11,21H,2-5,19H2,1H3. The van der Waals surface area contributed by atoms with Gasteiger partial charge in [0, 0.05) is 5.56 Å². The summed E-state index contributed by atoms with van der Waals surface area (Å²) >= 11 is 1.67. The molecule has 1 aromatic heterocycles. The molecule has 0 aliphatic carbocycles. The lowest BCUT2D eigenvalue weighted by Gasteiger charge is -2.00. The highest BCUT2D eigenvalue weighted by Gasteiger charge is 2.08. The monoisotopic (exact) mass is 312 g/mol. The molecular weight excluding hydrogens is 292 g/mol. The fourth-order valence-corrected chi connectivity index (χ4v) is 3.54. The van der Waals surface area contributed by atoms with Crippen LogP contribution in [0.25, 0.3) is 20.8 Å². The van der Waals surface area contributed by atoms with Gasteiger partial charge in [0.15, 0.2) is 0 Å². The van der Waals surface area contributed by atoms with E-state index in [1.165, 1.54) is 29.5 Å². The Morgan fingerprint density at radius 2 is 2.00 bits per heavy atom. The fraction of sp³-hybridized carbons (Fsp3) is 0.278. The highest BCUT2D eigenvalue weighted by atomic mass is 32.1. The number of nitrogens with zero attached hydrogens (tertiary/aromatic N) is 1. The Morgan fingerprint density at radius 3 is 2.77 bits per heavy atom. The van der Waals surface area contributed by atoms with E-state index in [4.69, 9.17) is 5.73 Å². The largest absolute Gasteiger partial charge is 0.506 e. The third-order valence-corrected chi connectivity index (χ3v) is 4.86. The lowest BCUT2D eigenvalue weighted by Crippen LogP contribution is -1.86. The molecule has 0 radical (unpaired) electrons. The maximum absolute atomic E-state index is 9.53. The van der Waals surface area contributed by atoms with Gasteiger partial charge in [0.1, 0.15) is 10.8 Å². The van der Waals surface area contributed by atoms with Crippen LogP contribution < -0.4 is 5.73 Å². The van der Waals surface area contributed by atoms with E-state index in [0.717, 1.165) is 22.5 Å². The molecule has 0 bridgehead atoms. The van der Waals surface area contributed by atoms with Crippen molar-refractivity contribution in [3.63, 3.8) is 0 Å². The van der Waals surface area contributed by atoms with Crippen molar-refractivity contribution in [1.29, 1.82) is 0 Å². The first-order chi connectivity index (χ1) is 10.7. The second-order valence-electron chi connectivity index (χ2n) is 5.55. The van der Waals surface area contributed by atoms with Crippen molar-refractivity contribution < 1.29 is 5.11 Å². The second-order valence-corrected chi connectivity index (χ2v) is 6.58. The zero-order valence-electron chi connectivity index (χ0n) is 12.7. The number of nitrogens with two attached hydrogens (primary N) is 1. The minimum Gasteiger partial charge on any atom is -0.506 e. The first-order valence-corrected chi connectivity index (χ1v) is 8.47. The minimum atomic E-state index is 0.114. The lowest BCUT2D eigenvalue weighted by atomic mass is 10.1. The average molecular weight is 312 g/mol. The van der Waals surface area contributed by atoms with Crippen molar-refractivity contribution in [2.75, 3.05) is 5.73 Å². The number of thiazole rings is 1. The Morgan fingerprint density at radius 1 is 1.14 bits per heavy atom. The number of hydrogen-bond acceptors (Lipinski definition) is 4. The number of aromatic hydroxyl groups is 1. The van der Waals surface area contributed by atoms with E-state index in [9.17, 15) is 5.11 Å². The van der Waals surface area contributed by atoms with Gasteiger partial charge in [-0.1, -0.05) is 25.8 Å². The number of aryl methyl sites for hydroxylation is 1. The molecule has 0 atom stereocenters. The predicted molar refractivity (Wildman–Crippen MR) is 94.4 cm³/mol. The van der Waals surface area contributed by atoms with Crippen molar-refractivity contribution in [3.05, 3.63) is 42.0 Å². The summed E-state index contributed by atoms with van der Waals surface area (Å²) in [6.45, 7) is 2.22. The van der Waals surface area contributed by atoms with Crippen LogP contribution in [0.1, 0.15) is 31.7 Å². The molecular formula is C18H20N2OS. The Kier molecular flexibility index (Phi) is 4.29. The third-order valence-electron chi connectivity index (χ3n) is 3.80. The van der Waals surface area contributed by atoms with Crippen LogP contribution in [0, 0.1) is 0 Å². The molecule has 2 aromatic carbocycles. The van der Waals surface area contributed by atoms with Crippen LogP contribution in [-0.4, -0.2) is 10.1 Å². The first kappa shape index (κ1) is 14.9. The van der Waals surface area contributed by atoms with E-state index in [1.54, 1.807) is 23.5 Å². The maximum Gasteiger partial charge on any atom is 0.138 e. The van der Waals surface area contributed by atoms with Crippen molar-refractivity contribution in [2.45, 2.75) is 32.6 Å². The summed E-state index contributed by atoms with van der Waals surface area (Å²) < 4.78 is 1.20. The van der Waals surface area contributed by atoms with Gasteiger partial charge in [0.25, 0.3) is 0 Å². The molecule has 0 saturated carbocycles. The Labute approximate surface area is 134 Å². The number of hydrogen-bond donors (Lipinski definition) is 2. The normalized spacial score (nSPS) is 11.1. The summed E-state index contributed by atoms with van der Waals surface area (Å²) in [5, 5.41) is 10.5. The summed E-state index contributed by atoms with van der Waals surface area (Å²) in [7, 11) is 0. The van der Waals surface area contributed by atoms with Gasteiger partial charge in [-0.3, -0.25) is 0 Å². The van der Waals surface area contributed by atoms with Crippen LogP contribution in [-0.2, 0) is 6.42 Å². The molecule has 0 unspecified atom stereocenters. The van der Waals surface area contributed by atoms with Gasteiger partial charge >= 0.3 is 0 Å². The highest BCUT2D eigenvalue weighted by Crippen LogP contribution is 2.33. The van der Waals surface area contributed by atoms with Crippen LogP contribution in [0.4, 0.5) is 5.69 Å². The minimum absolute atomic E-state index is 0.114. The fourth-order valence-electron chi connectivity index (χ4n) is 2.51. The number of nitrogen functional groups attached to an aromatic ring is 1. The zero-order valence-corrected chi connectivity index (χ0v) is 13.5. The molecule has 3 rings (SSSR count). The van der Waals surface area contributed by atoms with Gasteiger partial charge in [-0.25, -0.2) is 4.98 Å². The Hall–Kier alpha value is -2.07. The zero-order chi connectivity index (χ0) is 15.5. The van der Waals surface area contributed by atoms with Crippen molar-refractivity contribution in [3.8, 4) is 16.3 Å². The van der Waals surface area contributed by atoms with Crippen LogP contribution >= 0.6 is 11.3 Å². The van der Waals surface area contributed by atoms with Crippen LogP contribution in [0.5, 0.6) is 5.75 Å². The smallest absolute Gasteiger partial charge is 0.138 e. The number of benzene rings is 2. The predicted octanol–water partition coefficient (Wildman–Crippen LogP) is 4.98. The number of fused-ring (bicyclic) bond motifs is 1. The number of anilines is 1. The molecule has 0 aliphatic heterocycles. The van der Waals surface area contributed by atoms with Crippen molar-refractivity contribution in [2.24, 2.45) is 0 Å². The number of unbranched alkanes of at least 4 members (excludes halogenated alkanes) is 2. The van der Waals surface area contributed by atoms with Gasteiger partial charge in [0.2, 0.25) is 0 Å². The van der Waals surface area contributed by atoms with Gasteiger partial charge in [-0.2, -0.15) is 0 Å². The number of phenolic OH excluding ortho intramolecular Hbond substituents is 1. The molecule has 3 N–H and O–H groups in total. The van der Waals surface area contributed by atoms with Crippen LogP contribution in [0.3, 0.4) is 0 Å². The molecule has 0 spiro atoms. The van der Waals surface area contributed by atoms with Gasteiger partial charge in [-0.05, 0) is 48.7 Å². The van der Waals surface area contributed by atoms with Crippen LogP contribution in [0.2, 0.25) is 0 Å². The molecule has 0 aliphatic rings. The van der Waals surface area contributed by atoms with E-state index in [2.05, 4.69) is 30.1 Å². The van der Waals surface area contributed by atoms with E-state index in [-0.39, 0.29) is 5.75 Å². The molecule has 0 fully saturated rings. The summed E-state index contributed by atoms with van der Waals surface area (Å²) in [6.07, 6.45) is 4.89. The molecule has 114 valence electrons. The SMILES string of the molecule is CCCCCc1ccc2nc(-c3ccc(O)c(N)c3)sc2c1. The Balaban J connectivity index is 1.90. The Bertz CT molecular complexity index is 795. The molecule has 0 amide bonds. The summed E-state index contributed by atoms with van der Waals surface area (Å²) in [5.41, 5.74) is 9.50. The highest BCUT2D eigenvalue weighted by molar-refractivity contribution is 7.21. The first-order valence-electron chi connectivity index (χ1n) is 7.65. The molecule has 0 saturated heterocycles. The number of phenols is 1. The number of rotatable bonds is 5. The van der Waals surface area contributed by atoms with E-state index < -0.39 is 0 Å². The quantitative estimate of drug-likeness (QED) is 0.396. The second kappa shape index (κ2) is 6.36. The van der Waals surface area contributed by atoms with Gasteiger partial charge in [0.05, 0.1) is 15.9 Å². The third kappa shape index (κ3) is 3.07. The summed E-state index contributed by atoms with van der Waals surface area (Å²) in [6, 6.07) is 11.8. The average Bonchev–Trinajstić information content (AvgIpc) is 2.93. The van der Waals surface area contributed by atoms with E-state index in [1.807, 2.05) is 6.07 Å². The molecule has 4 heteroatoms. The van der Waals surface area contributed by atoms with Gasteiger partial charge in [-0.15, -0.1) is 11.3 Å². The topological polar surface area (TPSA) is 59.1 Å². The summed E-state index contributed by atoms with van der Waals surface area (Å²) in [5.74, 6) is 0.114. The molecule has 22 heavy (non-hydrogen) atoms. The summed E-state index contributed by atoms with van der Waals surface area (Å²) in [4.78, 5) is 4.67. The maximum atomic E-state index is 9.53. The van der Waals surface area contributed by atoms with Crippen LogP contribution in [0.15, 0.2) is 36.4 Å². The number of aromatic nitrogens is 1. The molecule has 3 nitrogen and oxygen atoms in total.